The van der Waals surface area contributed by atoms with Crippen molar-refractivity contribution in [2.45, 2.75) is 5.60 Å². The highest BCUT2D eigenvalue weighted by Gasteiger charge is 2.56. The van der Waals surface area contributed by atoms with Crippen molar-refractivity contribution < 1.29 is 28.9 Å². The molecular weight excluding hydrogens is 312 g/mol. The molecule has 0 amide bonds. The van der Waals surface area contributed by atoms with Crippen molar-refractivity contribution in [1.29, 1.82) is 0 Å². The first-order chi connectivity index (χ1) is 11.5. The minimum Gasteiger partial charge on any atom is -0.496 e. The fraction of sp³-hybridized carbons (Fsp3) is 0.222. The molecule has 0 atom stereocenters. The molecule has 0 unspecified atom stereocenters. The van der Waals surface area contributed by atoms with Crippen molar-refractivity contribution in [1.82, 2.24) is 0 Å². The second-order valence-electron chi connectivity index (χ2n) is 5.32. The summed E-state index contributed by atoms with van der Waals surface area (Å²) in [6, 6.07) is 9.27. The molecule has 0 bridgehead atoms. The first-order valence-corrected chi connectivity index (χ1v) is 7.20. The SMILES string of the molecule is COc1cc(OC)c(C2(O)C(=O)c3ccccc3C2=O)c(OC)c1. The number of hydrogen-bond acceptors (Lipinski definition) is 6. The van der Waals surface area contributed by atoms with Crippen LogP contribution in [-0.2, 0) is 5.60 Å². The lowest BCUT2D eigenvalue weighted by atomic mass is 9.87. The zero-order valence-corrected chi connectivity index (χ0v) is 13.5. The normalized spacial score (nSPS) is 15.2. The highest BCUT2D eigenvalue weighted by Crippen LogP contribution is 2.47. The lowest BCUT2D eigenvalue weighted by Gasteiger charge is -2.24. The molecule has 0 heterocycles. The Kier molecular flexibility index (Phi) is 3.77. The summed E-state index contributed by atoms with van der Waals surface area (Å²) in [6.07, 6.45) is 0. The van der Waals surface area contributed by atoms with E-state index in [4.69, 9.17) is 14.2 Å². The molecule has 1 aliphatic rings. The average molecular weight is 328 g/mol. The van der Waals surface area contributed by atoms with Gasteiger partial charge in [0.15, 0.2) is 0 Å². The van der Waals surface area contributed by atoms with Gasteiger partial charge in [-0.1, -0.05) is 24.3 Å². The maximum Gasteiger partial charge on any atom is 0.223 e. The predicted octanol–water partition coefficient (Wildman–Crippen LogP) is 1.98. The van der Waals surface area contributed by atoms with Crippen molar-refractivity contribution >= 4 is 11.6 Å². The van der Waals surface area contributed by atoms with Crippen molar-refractivity contribution in [3.8, 4) is 17.2 Å². The van der Waals surface area contributed by atoms with E-state index in [2.05, 4.69) is 0 Å². The van der Waals surface area contributed by atoms with Gasteiger partial charge in [0.05, 0.1) is 26.9 Å². The maximum absolute atomic E-state index is 12.8. The number of hydrogen-bond donors (Lipinski definition) is 1. The van der Waals surface area contributed by atoms with Crippen molar-refractivity contribution in [2.75, 3.05) is 21.3 Å². The third kappa shape index (κ3) is 2.00. The van der Waals surface area contributed by atoms with E-state index in [0.29, 0.717) is 5.75 Å². The van der Waals surface area contributed by atoms with Crippen LogP contribution in [0, 0.1) is 0 Å². The number of Topliss-reactive ketones (excluding diaryl/α,β-unsaturated/α-hetero) is 2. The molecule has 0 saturated heterocycles. The molecule has 0 aliphatic heterocycles. The largest absolute Gasteiger partial charge is 0.496 e. The molecule has 0 saturated carbocycles. The van der Waals surface area contributed by atoms with E-state index in [1.807, 2.05) is 0 Å². The van der Waals surface area contributed by atoms with Gasteiger partial charge in [0, 0.05) is 23.3 Å². The van der Waals surface area contributed by atoms with Crippen LogP contribution >= 0.6 is 0 Å². The Balaban J connectivity index is 2.30. The highest BCUT2D eigenvalue weighted by atomic mass is 16.5. The predicted molar refractivity (Wildman–Crippen MR) is 85.1 cm³/mol. The van der Waals surface area contributed by atoms with E-state index < -0.39 is 17.2 Å². The molecule has 6 heteroatoms. The Hall–Kier alpha value is -2.86. The third-order valence-corrected chi connectivity index (χ3v) is 4.15. The Morgan fingerprint density at radius 1 is 0.833 bits per heavy atom. The molecule has 0 radical (unpaired) electrons. The Bertz CT molecular complexity index is 779. The molecule has 24 heavy (non-hydrogen) atoms. The molecule has 2 aromatic rings. The van der Waals surface area contributed by atoms with E-state index in [9.17, 15) is 14.7 Å². The lowest BCUT2D eigenvalue weighted by molar-refractivity contribution is 0.0303. The van der Waals surface area contributed by atoms with Gasteiger partial charge in [0.2, 0.25) is 17.2 Å². The van der Waals surface area contributed by atoms with Crippen molar-refractivity contribution in [2.24, 2.45) is 0 Å². The van der Waals surface area contributed by atoms with Crippen LogP contribution in [-0.4, -0.2) is 38.0 Å². The molecule has 0 spiro atoms. The van der Waals surface area contributed by atoms with Gasteiger partial charge in [-0.05, 0) is 0 Å². The summed E-state index contributed by atoms with van der Waals surface area (Å²) >= 11 is 0. The Labute approximate surface area is 138 Å². The molecule has 2 aromatic carbocycles. The molecular formula is C18H16O6. The van der Waals surface area contributed by atoms with Gasteiger partial charge >= 0.3 is 0 Å². The summed E-state index contributed by atoms with van der Waals surface area (Å²) < 4.78 is 15.7. The molecule has 6 nitrogen and oxygen atoms in total. The van der Waals surface area contributed by atoms with Crippen LogP contribution in [0.5, 0.6) is 17.2 Å². The van der Waals surface area contributed by atoms with Gasteiger partial charge < -0.3 is 19.3 Å². The van der Waals surface area contributed by atoms with Crippen LogP contribution in [0.15, 0.2) is 36.4 Å². The van der Waals surface area contributed by atoms with Crippen LogP contribution in [0.4, 0.5) is 0 Å². The minimum absolute atomic E-state index is 0.0282. The van der Waals surface area contributed by atoms with Gasteiger partial charge in [-0.3, -0.25) is 9.59 Å². The van der Waals surface area contributed by atoms with Crippen LogP contribution in [0.2, 0.25) is 0 Å². The minimum atomic E-state index is -2.40. The zero-order chi connectivity index (χ0) is 17.5. The summed E-state index contributed by atoms with van der Waals surface area (Å²) in [6.45, 7) is 0. The second kappa shape index (κ2) is 5.65. The van der Waals surface area contributed by atoms with Crippen molar-refractivity contribution in [3.63, 3.8) is 0 Å². The second-order valence-corrected chi connectivity index (χ2v) is 5.32. The molecule has 3 rings (SSSR count). The van der Waals surface area contributed by atoms with Crippen LogP contribution in [0.3, 0.4) is 0 Å². The monoisotopic (exact) mass is 328 g/mol. The number of aliphatic hydroxyl groups is 1. The van der Waals surface area contributed by atoms with Gasteiger partial charge in [0.25, 0.3) is 0 Å². The molecule has 1 N–H and O–H groups in total. The van der Waals surface area contributed by atoms with Gasteiger partial charge in [-0.25, -0.2) is 0 Å². The summed E-state index contributed by atoms with van der Waals surface area (Å²) in [5.74, 6) is -0.743. The van der Waals surface area contributed by atoms with Gasteiger partial charge in [0.1, 0.15) is 17.2 Å². The zero-order valence-electron chi connectivity index (χ0n) is 13.5. The number of benzene rings is 2. The highest BCUT2D eigenvalue weighted by molar-refractivity contribution is 6.32. The topological polar surface area (TPSA) is 82.1 Å². The Morgan fingerprint density at radius 3 is 1.67 bits per heavy atom. The van der Waals surface area contributed by atoms with E-state index in [0.717, 1.165) is 0 Å². The number of carbonyl (C=O) groups excluding carboxylic acids is 2. The van der Waals surface area contributed by atoms with E-state index in [-0.39, 0.29) is 28.2 Å². The quantitative estimate of drug-likeness (QED) is 0.864. The Morgan fingerprint density at radius 2 is 1.29 bits per heavy atom. The summed E-state index contributed by atoms with van der Waals surface area (Å²) in [4.78, 5) is 25.6. The van der Waals surface area contributed by atoms with Crippen molar-refractivity contribution in [3.05, 3.63) is 53.1 Å². The molecule has 124 valence electrons. The third-order valence-electron chi connectivity index (χ3n) is 4.15. The summed E-state index contributed by atoms with van der Waals surface area (Å²) in [5.41, 5.74) is -2.08. The number of ketones is 2. The van der Waals surface area contributed by atoms with Gasteiger partial charge in [-0.15, -0.1) is 0 Å². The molecule has 0 aromatic heterocycles. The number of ether oxygens (including phenoxy) is 3. The van der Waals surface area contributed by atoms with Crippen LogP contribution in [0.25, 0.3) is 0 Å². The molecule has 0 fully saturated rings. The maximum atomic E-state index is 12.8. The summed E-state index contributed by atoms with van der Waals surface area (Å²) in [5, 5.41) is 11.1. The summed E-state index contributed by atoms with van der Waals surface area (Å²) in [7, 11) is 4.21. The first-order valence-electron chi connectivity index (χ1n) is 7.20. The lowest BCUT2D eigenvalue weighted by Crippen LogP contribution is -2.38. The van der Waals surface area contributed by atoms with E-state index in [1.165, 1.54) is 45.6 Å². The van der Waals surface area contributed by atoms with Gasteiger partial charge in [-0.2, -0.15) is 0 Å². The number of methoxy groups -OCH3 is 3. The first kappa shape index (κ1) is 16.0. The fourth-order valence-electron chi connectivity index (χ4n) is 2.96. The van der Waals surface area contributed by atoms with E-state index >= 15 is 0 Å². The van der Waals surface area contributed by atoms with Crippen LogP contribution in [0.1, 0.15) is 26.3 Å². The fourth-order valence-corrected chi connectivity index (χ4v) is 2.96. The van der Waals surface area contributed by atoms with Crippen LogP contribution < -0.4 is 14.2 Å². The number of fused-ring (bicyclic) bond motifs is 1. The smallest absolute Gasteiger partial charge is 0.223 e. The number of carbonyl (C=O) groups is 2. The average Bonchev–Trinajstić information content (AvgIpc) is 2.82. The number of rotatable bonds is 4. The standard InChI is InChI=1S/C18H16O6/c1-22-10-8-13(23-2)15(14(9-10)24-3)18(21)16(19)11-6-4-5-7-12(11)17(18)20/h4-9,21H,1-3H3. The molecule has 1 aliphatic carbocycles. The van der Waals surface area contributed by atoms with E-state index in [1.54, 1.807) is 12.1 Å².